The van der Waals surface area contributed by atoms with E-state index in [1.54, 1.807) is 30.0 Å². The first kappa shape index (κ1) is 23.3. The largest absolute Gasteiger partial charge is 0.497 e. The highest BCUT2D eigenvalue weighted by Crippen LogP contribution is 2.38. The Morgan fingerprint density at radius 3 is 2.44 bits per heavy atom. The summed E-state index contributed by atoms with van der Waals surface area (Å²) in [6.45, 7) is 2.05. The van der Waals surface area contributed by atoms with Gasteiger partial charge in [0.15, 0.2) is 0 Å². The summed E-state index contributed by atoms with van der Waals surface area (Å²) in [5, 5.41) is 10.7. The number of carbonyl (C=O) groups is 1. The van der Waals surface area contributed by atoms with E-state index in [-0.39, 0.29) is 29.8 Å². The number of aromatic nitrogens is 3. The second-order valence-corrected chi connectivity index (χ2v) is 8.71. The molecule has 0 spiro atoms. The molecule has 0 radical (unpaired) electrons. The number of rotatable bonds is 6. The molecule has 0 bridgehead atoms. The Hall–Kier alpha value is -4.46. The van der Waals surface area contributed by atoms with Crippen LogP contribution in [0.1, 0.15) is 40.8 Å². The lowest BCUT2D eigenvalue weighted by molar-refractivity contribution is -0.111. The Kier molecular flexibility index (Phi) is 6.49. The highest BCUT2D eigenvalue weighted by atomic mass is 19.1. The number of methoxy groups -OCH3 is 1. The standard InChI is InChI=1S/C28H26FN5O2/c1-18-3-8-20(9-4-18)24-17-25(21-10-12-22(29)13-11-21)34-28(30-24)32-27(33-34)31-26(35)16-7-19-5-14-23(36-2)15-6-19/h3-16,24-25H,17H2,1-2H3,(H2,30,31,32,33,35)/b16-7+/t24-,25-/m0/s1. The summed E-state index contributed by atoms with van der Waals surface area (Å²) in [6, 6.07) is 21.9. The number of hydrogen-bond donors (Lipinski definition) is 2. The van der Waals surface area contributed by atoms with Crippen LogP contribution in [0.5, 0.6) is 5.75 Å². The first-order valence-electron chi connectivity index (χ1n) is 11.7. The van der Waals surface area contributed by atoms with Gasteiger partial charge in [-0.05, 0) is 60.4 Å². The van der Waals surface area contributed by atoms with Crippen molar-refractivity contribution in [3.8, 4) is 5.75 Å². The minimum Gasteiger partial charge on any atom is -0.497 e. The molecule has 0 saturated carbocycles. The van der Waals surface area contributed by atoms with Crippen molar-refractivity contribution in [1.82, 2.24) is 14.8 Å². The second kappa shape index (κ2) is 10.0. The highest BCUT2D eigenvalue weighted by molar-refractivity contribution is 6.00. The number of ether oxygens (including phenoxy) is 1. The molecule has 5 rings (SSSR count). The van der Waals surface area contributed by atoms with E-state index in [4.69, 9.17) is 4.74 Å². The molecular formula is C28H26FN5O2. The van der Waals surface area contributed by atoms with Gasteiger partial charge in [-0.1, -0.05) is 54.1 Å². The Morgan fingerprint density at radius 1 is 1.06 bits per heavy atom. The number of benzene rings is 3. The van der Waals surface area contributed by atoms with Crippen molar-refractivity contribution in [3.05, 3.63) is 107 Å². The van der Waals surface area contributed by atoms with Crippen LogP contribution in [0.4, 0.5) is 16.3 Å². The number of amides is 1. The molecule has 0 unspecified atom stereocenters. The average Bonchev–Trinajstić information content (AvgIpc) is 3.30. The zero-order chi connectivity index (χ0) is 25.1. The summed E-state index contributed by atoms with van der Waals surface area (Å²) in [6.07, 6.45) is 3.83. The van der Waals surface area contributed by atoms with E-state index < -0.39 is 0 Å². The maximum absolute atomic E-state index is 13.6. The van der Waals surface area contributed by atoms with Gasteiger partial charge in [-0.15, -0.1) is 5.10 Å². The lowest BCUT2D eigenvalue weighted by atomic mass is 9.93. The first-order valence-corrected chi connectivity index (χ1v) is 11.7. The third-order valence-electron chi connectivity index (χ3n) is 6.20. The fourth-order valence-electron chi connectivity index (χ4n) is 4.25. The topological polar surface area (TPSA) is 81.1 Å². The van der Waals surface area contributed by atoms with Gasteiger partial charge in [-0.2, -0.15) is 4.98 Å². The van der Waals surface area contributed by atoms with Crippen LogP contribution in [0.2, 0.25) is 0 Å². The monoisotopic (exact) mass is 483 g/mol. The number of fused-ring (bicyclic) bond motifs is 1. The predicted octanol–water partition coefficient (Wildman–Crippen LogP) is 5.53. The van der Waals surface area contributed by atoms with Crippen LogP contribution in [0.25, 0.3) is 6.08 Å². The molecule has 0 saturated heterocycles. The normalized spacial score (nSPS) is 16.9. The summed E-state index contributed by atoms with van der Waals surface area (Å²) in [5.74, 6) is 0.839. The third-order valence-corrected chi connectivity index (χ3v) is 6.20. The summed E-state index contributed by atoms with van der Waals surface area (Å²) in [7, 11) is 1.61. The molecule has 1 amide bonds. The summed E-state index contributed by atoms with van der Waals surface area (Å²) < 4.78 is 20.5. The first-order chi connectivity index (χ1) is 17.5. The summed E-state index contributed by atoms with van der Waals surface area (Å²) in [4.78, 5) is 17.1. The number of halogens is 1. The molecule has 1 aliphatic heterocycles. The summed E-state index contributed by atoms with van der Waals surface area (Å²) in [5.41, 5.74) is 4.08. The van der Waals surface area contributed by atoms with Gasteiger partial charge in [0.05, 0.1) is 19.2 Å². The quantitative estimate of drug-likeness (QED) is 0.352. The molecule has 36 heavy (non-hydrogen) atoms. The minimum absolute atomic E-state index is 0.0177. The van der Waals surface area contributed by atoms with Gasteiger partial charge < -0.3 is 10.1 Å². The Morgan fingerprint density at radius 2 is 1.75 bits per heavy atom. The number of aryl methyl sites for hydroxylation is 1. The fraction of sp³-hybridized carbons (Fsp3) is 0.179. The van der Waals surface area contributed by atoms with Gasteiger partial charge in [0.2, 0.25) is 5.95 Å². The lowest BCUT2D eigenvalue weighted by Gasteiger charge is -2.31. The van der Waals surface area contributed by atoms with Crippen LogP contribution in [0, 0.1) is 12.7 Å². The number of nitrogens with one attached hydrogen (secondary N) is 2. The van der Waals surface area contributed by atoms with E-state index >= 15 is 0 Å². The van der Waals surface area contributed by atoms with E-state index in [1.807, 2.05) is 31.2 Å². The predicted molar refractivity (Wildman–Crippen MR) is 137 cm³/mol. The smallest absolute Gasteiger partial charge is 0.250 e. The maximum Gasteiger partial charge on any atom is 0.250 e. The summed E-state index contributed by atoms with van der Waals surface area (Å²) >= 11 is 0. The van der Waals surface area contributed by atoms with Crippen molar-refractivity contribution in [2.45, 2.75) is 25.4 Å². The van der Waals surface area contributed by atoms with Crippen LogP contribution in [-0.4, -0.2) is 27.8 Å². The van der Waals surface area contributed by atoms with Crippen molar-refractivity contribution >= 4 is 23.9 Å². The van der Waals surface area contributed by atoms with Crippen LogP contribution in [-0.2, 0) is 4.79 Å². The van der Waals surface area contributed by atoms with Gasteiger partial charge >= 0.3 is 0 Å². The molecule has 2 atom stereocenters. The maximum atomic E-state index is 13.6. The Balaban J connectivity index is 1.39. The molecule has 1 aromatic heterocycles. The second-order valence-electron chi connectivity index (χ2n) is 8.71. The SMILES string of the molecule is COc1ccc(/C=C/C(=O)Nc2nc3n(n2)[C@H](c2ccc(F)cc2)C[C@@H](c2ccc(C)cc2)N3)cc1. The van der Waals surface area contributed by atoms with Gasteiger partial charge in [0.1, 0.15) is 11.6 Å². The molecule has 3 aromatic carbocycles. The average molecular weight is 484 g/mol. The highest BCUT2D eigenvalue weighted by Gasteiger charge is 2.31. The minimum atomic E-state index is -0.345. The van der Waals surface area contributed by atoms with Gasteiger partial charge in [-0.25, -0.2) is 9.07 Å². The van der Waals surface area contributed by atoms with Crippen LogP contribution in [0.3, 0.4) is 0 Å². The molecular weight excluding hydrogens is 457 g/mol. The van der Waals surface area contributed by atoms with E-state index in [0.29, 0.717) is 12.4 Å². The van der Waals surface area contributed by atoms with Crippen molar-refractivity contribution in [3.63, 3.8) is 0 Å². The molecule has 182 valence electrons. The number of nitrogens with zero attached hydrogens (tertiary/aromatic N) is 3. The van der Waals surface area contributed by atoms with Crippen molar-refractivity contribution in [2.75, 3.05) is 17.7 Å². The molecule has 2 N–H and O–H groups in total. The number of carbonyl (C=O) groups excluding carboxylic acids is 1. The van der Waals surface area contributed by atoms with E-state index in [2.05, 4.69) is 45.0 Å². The Labute approximate surface area is 208 Å². The zero-order valence-electron chi connectivity index (χ0n) is 20.0. The molecule has 1 aliphatic rings. The molecule has 7 nitrogen and oxygen atoms in total. The van der Waals surface area contributed by atoms with Crippen LogP contribution < -0.4 is 15.4 Å². The van der Waals surface area contributed by atoms with Gasteiger partial charge in [-0.3, -0.25) is 10.1 Å². The van der Waals surface area contributed by atoms with Crippen LogP contribution >= 0.6 is 0 Å². The van der Waals surface area contributed by atoms with Crippen LogP contribution in [0.15, 0.2) is 78.9 Å². The molecule has 4 aromatic rings. The lowest BCUT2D eigenvalue weighted by Crippen LogP contribution is -2.28. The molecule has 0 fully saturated rings. The van der Waals surface area contributed by atoms with E-state index in [9.17, 15) is 9.18 Å². The fourth-order valence-corrected chi connectivity index (χ4v) is 4.25. The number of hydrogen-bond acceptors (Lipinski definition) is 5. The van der Waals surface area contributed by atoms with Gasteiger partial charge in [0, 0.05) is 6.08 Å². The molecule has 2 heterocycles. The van der Waals surface area contributed by atoms with E-state index in [1.165, 1.54) is 23.8 Å². The molecule has 0 aliphatic carbocycles. The Bertz CT molecular complexity index is 1380. The van der Waals surface area contributed by atoms with Gasteiger partial charge in [0.25, 0.3) is 11.9 Å². The molecule has 8 heteroatoms. The van der Waals surface area contributed by atoms with Crippen molar-refractivity contribution in [2.24, 2.45) is 0 Å². The van der Waals surface area contributed by atoms with Crippen molar-refractivity contribution < 1.29 is 13.9 Å². The van der Waals surface area contributed by atoms with E-state index in [0.717, 1.165) is 22.4 Å². The van der Waals surface area contributed by atoms with Crippen molar-refractivity contribution in [1.29, 1.82) is 0 Å². The third kappa shape index (κ3) is 5.12. The number of anilines is 2. The zero-order valence-corrected chi connectivity index (χ0v) is 20.0.